The van der Waals surface area contributed by atoms with Crippen molar-refractivity contribution in [3.63, 3.8) is 0 Å². The number of rotatable bonds is 11. The minimum atomic E-state index is 0.696. The van der Waals surface area contributed by atoms with Gasteiger partial charge in [-0.15, -0.1) is 0 Å². The molecule has 0 atom stereocenters. The summed E-state index contributed by atoms with van der Waals surface area (Å²) in [5.41, 5.74) is 1.84. The van der Waals surface area contributed by atoms with Gasteiger partial charge in [0.05, 0.1) is 18.2 Å². The Morgan fingerprint density at radius 3 is 2.21 bits per heavy atom. The van der Waals surface area contributed by atoms with Crippen molar-refractivity contribution >= 4 is 11.3 Å². The number of thiophene rings is 1. The summed E-state index contributed by atoms with van der Waals surface area (Å²) in [5.74, 6) is 0. The molecule has 0 unspecified atom stereocenters. The van der Waals surface area contributed by atoms with Crippen molar-refractivity contribution in [3.05, 3.63) is 42.0 Å². The van der Waals surface area contributed by atoms with Gasteiger partial charge < -0.3 is 4.74 Å². The van der Waals surface area contributed by atoms with Gasteiger partial charge in [0.15, 0.2) is 5.06 Å². The number of benzene rings is 1. The lowest BCUT2D eigenvalue weighted by atomic mass is 10.1. The van der Waals surface area contributed by atoms with Crippen molar-refractivity contribution < 1.29 is 4.74 Å². The zero-order valence-electron chi connectivity index (χ0n) is 14.6. The summed E-state index contributed by atoms with van der Waals surface area (Å²) in [7, 11) is 0. The quantitative estimate of drug-likeness (QED) is 0.421. The fraction of sp³-hybridized carbons (Fsp3) is 0.476. The summed E-state index contributed by atoms with van der Waals surface area (Å²) in [6.07, 6.45) is 10.6. The molecule has 0 fully saturated rings. The Morgan fingerprint density at radius 1 is 0.875 bits per heavy atom. The Morgan fingerprint density at radius 2 is 1.54 bits per heavy atom. The molecule has 2 rings (SSSR count). The lowest BCUT2D eigenvalue weighted by molar-refractivity contribution is 0.312. The first kappa shape index (κ1) is 18.5. The molecule has 0 aliphatic heterocycles. The molecule has 2 aromatic rings. The zero-order chi connectivity index (χ0) is 17.0. The van der Waals surface area contributed by atoms with Gasteiger partial charge in [-0.25, -0.2) is 0 Å². The van der Waals surface area contributed by atoms with E-state index in [9.17, 15) is 0 Å². The van der Waals surface area contributed by atoms with Gasteiger partial charge in [0, 0.05) is 4.88 Å². The molecule has 24 heavy (non-hydrogen) atoms. The third kappa shape index (κ3) is 6.37. The molecule has 1 aromatic carbocycles. The number of hydrogen-bond donors (Lipinski definition) is 0. The Bertz CT molecular complexity index is 624. The molecule has 0 N–H and O–H groups in total. The predicted octanol–water partition coefficient (Wildman–Crippen LogP) is 6.81. The Hall–Kier alpha value is -1.79. The highest BCUT2D eigenvalue weighted by Crippen LogP contribution is 2.33. The summed E-state index contributed by atoms with van der Waals surface area (Å²) >= 11 is 1.67. The molecule has 0 amide bonds. The van der Waals surface area contributed by atoms with Gasteiger partial charge in [-0.3, -0.25) is 0 Å². The van der Waals surface area contributed by atoms with Crippen molar-refractivity contribution in [1.29, 1.82) is 5.26 Å². The standard InChI is InChI=1S/C21H27NOS/c1-2-3-4-5-6-7-8-9-16-23-21-15-14-20(24-21)19-12-10-18(17-22)11-13-19/h10-15H,2-9,16H2,1H3. The maximum atomic E-state index is 8.85. The first-order chi connectivity index (χ1) is 11.8. The highest BCUT2D eigenvalue weighted by molar-refractivity contribution is 7.17. The Kier molecular flexibility index (Phi) is 8.41. The monoisotopic (exact) mass is 341 g/mol. The van der Waals surface area contributed by atoms with E-state index in [0.29, 0.717) is 5.56 Å². The van der Waals surface area contributed by atoms with Crippen LogP contribution in [0.4, 0.5) is 0 Å². The number of nitriles is 1. The summed E-state index contributed by atoms with van der Waals surface area (Å²) in [5, 5.41) is 9.83. The molecular weight excluding hydrogens is 314 g/mol. The number of unbranched alkanes of at least 4 members (excludes halogenated alkanes) is 7. The van der Waals surface area contributed by atoms with E-state index in [1.165, 1.54) is 49.8 Å². The second kappa shape index (κ2) is 10.9. The van der Waals surface area contributed by atoms with Gasteiger partial charge >= 0.3 is 0 Å². The molecule has 3 heteroatoms. The fourth-order valence-electron chi connectivity index (χ4n) is 2.67. The molecule has 1 aromatic heterocycles. The van der Waals surface area contributed by atoms with Crippen LogP contribution in [0.15, 0.2) is 36.4 Å². The SMILES string of the molecule is CCCCCCCCCCOc1ccc(-c2ccc(C#N)cc2)s1. The number of hydrogen-bond acceptors (Lipinski definition) is 3. The van der Waals surface area contributed by atoms with Crippen molar-refractivity contribution in [3.8, 4) is 21.6 Å². The van der Waals surface area contributed by atoms with Crippen molar-refractivity contribution in [2.24, 2.45) is 0 Å². The van der Waals surface area contributed by atoms with Gasteiger partial charge in [-0.1, -0.05) is 75.3 Å². The lowest BCUT2D eigenvalue weighted by Gasteiger charge is -2.04. The highest BCUT2D eigenvalue weighted by Gasteiger charge is 2.04. The van der Waals surface area contributed by atoms with E-state index in [-0.39, 0.29) is 0 Å². The van der Waals surface area contributed by atoms with Crippen molar-refractivity contribution in [2.75, 3.05) is 6.61 Å². The van der Waals surface area contributed by atoms with E-state index in [2.05, 4.69) is 19.1 Å². The zero-order valence-corrected chi connectivity index (χ0v) is 15.4. The van der Waals surface area contributed by atoms with Crippen LogP contribution in [0, 0.1) is 11.3 Å². The topological polar surface area (TPSA) is 33.0 Å². The summed E-state index contributed by atoms with van der Waals surface area (Å²) in [6.45, 7) is 3.07. The lowest BCUT2D eigenvalue weighted by Crippen LogP contribution is -1.95. The summed E-state index contributed by atoms with van der Waals surface area (Å²) in [6, 6.07) is 14.0. The average molecular weight is 342 g/mol. The van der Waals surface area contributed by atoms with E-state index in [0.717, 1.165) is 23.7 Å². The van der Waals surface area contributed by atoms with Crippen LogP contribution in [0.1, 0.15) is 63.9 Å². The van der Waals surface area contributed by atoms with Crippen LogP contribution in [0.3, 0.4) is 0 Å². The van der Waals surface area contributed by atoms with Crippen LogP contribution in [0.2, 0.25) is 0 Å². The molecule has 0 aliphatic carbocycles. The van der Waals surface area contributed by atoms with Crippen LogP contribution in [0.5, 0.6) is 5.06 Å². The van der Waals surface area contributed by atoms with Crippen LogP contribution in [-0.4, -0.2) is 6.61 Å². The molecular formula is C21H27NOS. The third-order valence-electron chi connectivity index (χ3n) is 4.12. The van der Waals surface area contributed by atoms with Crippen molar-refractivity contribution in [1.82, 2.24) is 0 Å². The summed E-state index contributed by atoms with van der Waals surface area (Å²) in [4.78, 5) is 1.19. The normalized spacial score (nSPS) is 10.5. The molecule has 128 valence electrons. The smallest absolute Gasteiger partial charge is 0.174 e. The highest BCUT2D eigenvalue weighted by atomic mass is 32.1. The van der Waals surface area contributed by atoms with E-state index in [1.807, 2.05) is 30.3 Å². The first-order valence-electron chi connectivity index (χ1n) is 9.06. The van der Waals surface area contributed by atoms with Crippen molar-refractivity contribution in [2.45, 2.75) is 58.3 Å². The second-order valence-electron chi connectivity index (χ2n) is 6.13. The minimum absolute atomic E-state index is 0.696. The van der Waals surface area contributed by atoms with Gasteiger partial charge in [0.1, 0.15) is 0 Å². The average Bonchev–Trinajstić information content (AvgIpc) is 3.09. The van der Waals surface area contributed by atoms with Gasteiger partial charge in [-0.2, -0.15) is 5.26 Å². The third-order valence-corrected chi connectivity index (χ3v) is 5.17. The Labute approximate surface area is 150 Å². The van der Waals surface area contributed by atoms with Crippen LogP contribution in [0.25, 0.3) is 10.4 Å². The predicted molar refractivity (Wildman–Crippen MR) is 103 cm³/mol. The number of nitrogens with zero attached hydrogens (tertiary/aromatic N) is 1. The Balaban J connectivity index is 1.64. The minimum Gasteiger partial charge on any atom is -0.484 e. The fourth-order valence-corrected chi connectivity index (χ4v) is 3.56. The molecule has 0 radical (unpaired) electrons. The second-order valence-corrected chi connectivity index (χ2v) is 7.18. The molecule has 0 saturated carbocycles. The van der Waals surface area contributed by atoms with E-state index in [1.54, 1.807) is 11.3 Å². The van der Waals surface area contributed by atoms with Crippen LogP contribution < -0.4 is 4.74 Å². The van der Waals surface area contributed by atoms with E-state index < -0.39 is 0 Å². The molecule has 0 bridgehead atoms. The maximum Gasteiger partial charge on any atom is 0.174 e. The van der Waals surface area contributed by atoms with Gasteiger partial charge in [-0.05, 0) is 36.2 Å². The number of ether oxygens (including phenoxy) is 1. The molecule has 1 heterocycles. The van der Waals surface area contributed by atoms with Gasteiger partial charge in [0.2, 0.25) is 0 Å². The maximum absolute atomic E-state index is 8.85. The summed E-state index contributed by atoms with van der Waals surface area (Å²) < 4.78 is 5.86. The molecule has 0 aliphatic rings. The largest absolute Gasteiger partial charge is 0.484 e. The molecule has 0 saturated heterocycles. The first-order valence-corrected chi connectivity index (χ1v) is 9.88. The molecule has 0 spiro atoms. The molecule has 2 nitrogen and oxygen atoms in total. The van der Waals surface area contributed by atoms with Gasteiger partial charge in [0.25, 0.3) is 0 Å². The van der Waals surface area contributed by atoms with Crippen LogP contribution >= 0.6 is 11.3 Å². The van der Waals surface area contributed by atoms with E-state index >= 15 is 0 Å². The van der Waals surface area contributed by atoms with Crippen LogP contribution in [-0.2, 0) is 0 Å². The van der Waals surface area contributed by atoms with E-state index in [4.69, 9.17) is 10.00 Å².